The molecule has 3 aromatic carbocycles. The number of carbonyl (C=O) groups excluding carboxylic acids is 1. The highest BCUT2D eigenvalue weighted by atomic mass is 19.1. The van der Waals surface area contributed by atoms with Crippen LogP contribution < -0.4 is 10.1 Å². The van der Waals surface area contributed by atoms with E-state index in [1.54, 1.807) is 30.3 Å². The fourth-order valence-electron chi connectivity index (χ4n) is 2.50. The molecule has 0 radical (unpaired) electrons. The lowest BCUT2D eigenvalue weighted by Crippen LogP contribution is -2.26. The summed E-state index contributed by atoms with van der Waals surface area (Å²) in [6.45, 7) is 0. The number of ether oxygens (including phenoxy) is 1. The number of nitro groups is 1. The Kier molecular flexibility index (Phi) is 5.59. The van der Waals surface area contributed by atoms with Crippen LogP contribution in [0.2, 0.25) is 0 Å². The average Bonchev–Trinajstić information content (AvgIpc) is 2.68. The van der Waals surface area contributed by atoms with Crippen molar-refractivity contribution >= 4 is 17.3 Å². The smallest absolute Gasteiger partial charge is 0.311 e. The zero-order valence-electron chi connectivity index (χ0n) is 14.3. The first kappa shape index (κ1) is 19.0. The summed E-state index contributed by atoms with van der Waals surface area (Å²) in [7, 11) is 0. The second kappa shape index (κ2) is 8.26. The molecule has 3 rings (SSSR count). The predicted octanol–water partition coefficient (Wildman–Crippen LogP) is 4.63. The highest BCUT2D eigenvalue weighted by Gasteiger charge is 2.27. The highest BCUT2D eigenvalue weighted by molar-refractivity contribution is 5.95. The van der Waals surface area contributed by atoms with E-state index in [4.69, 9.17) is 4.74 Å². The van der Waals surface area contributed by atoms with Crippen molar-refractivity contribution in [2.75, 3.05) is 5.32 Å². The van der Waals surface area contributed by atoms with Crippen molar-refractivity contribution in [3.63, 3.8) is 0 Å². The lowest BCUT2D eigenvalue weighted by molar-refractivity contribution is -0.386. The molecule has 0 aliphatic carbocycles. The van der Waals surface area contributed by atoms with Crippen molar-refractivity contribution in [1.29, 1.82) is 0 Å². The minimum absolute atomic E-state index is 0.310. The van der Waals surface area contributed by atoms with Crippen LogP contribution in [0.15, 0.2) is 72.8 Å². The molecule has 1 atom stereocenters. The largest absolute Gasteiger partial charge is 0.468 e. The molecule has 8 heteroatoms. The molecule has 142 valence electrons. The molecular weight excluding hydrogens is 370 g/mol. The van der Waals surface area contributed by atoms with Crippen molar-refractivity contribution < 1.29 is 23.2 Å². The van der Waals surface area contributed by atoms with Crippen molar-refractivity contribution in [1.82, 2.24) is 0 Å². The van der Waals surface area contributed by atoms with Crippen LogP contribution in [0.3, 0.4) is 0 Å². The molecule has 0 heterocycles. The summed E-state index contributed by atoms with van der Waals surface area (Å²) in [5.74, 6) is -2.25. The van der Waals surface area contributed by atoms with Gasteiger partial charge in [-0.1, -0.05) is 30.3 Å². The van der Waals surface area contributed by atoms with E-state index in [0.29, 0.717) is 11.3 Å². The molecular formula is C20H14F2N2O4. The van der Waals surface area contributed by atoms with Crippen molar-refractivity contribution in [2.45, 2.75) is 6.10 Å². The Labute approximate surface area is 158 Å². The Bertz CT molecular complexity index is 995. The van der Waals surface area contributed by atoms with E-state index in [1.807, 2.05) is 0 Å². The summed E-state index contributed by atoms with van der Waals surface area (Å²) in [5, 5.41) is 13.8. The maximum absolute atomic E-state index is 13.6. The molecule has 1 N–H and O–H groups in total. The minimum atomic E-state index is -1.30. The zero-order chi connectivity index (χ0) is 20.1. The molecule has 0 fully saturated rings. The maximum atomic E-state index is 13.6. The molecule has 0 unspecified atom stereocenters. The standard InChI is InChI=1S/C20H14F2N2O4/c21-14-6-9-16(10-7-14)23-20(25)19(13-4-2-1-3-5-13)28-18-12-15(22)8-11-17(18)24(26)27/h1-12,19H,(H,23,25)/t19-/m0/s1. The summed E-state index contributed by atoms with van der Waals surface area (Å²) in [4.78, 5) is 23.3. The first-order chi connectivity index (χ1) is 13.4. The van der Waals surface area contributed by atoms with Gasteiger partial charge in [-0.05, 0) is 30.3 Å². The van der Waals surface area contributed by atoms with Crippen LogP contribution in [0.1, 0.15) is 11.7 Å². The SMILES string of the molecule is O=C(Nc1ccc(F)cc1)[C@@H](Oc1cc(F)ccc1[N+](=O)[O-])c1ccccc1. The first-order valence-electron chi connectivity index (χ1n) is 8.16. The lowest BCUT2D eigenvalue weighted by atomic mass is 10.1. The number of carbonyl (C=O) groups is 1. The highest BCUT2D eigenvalue weighted by Crippen LogP contribution is 2.32. The normalized spacial score (nSPS) is 11.5. The molecule has 3 aromatic rings. The van der Waals surface area contributed by atoms with Crippen LogP contribution in [0.4, 0.5) is 20.2 Å². The fraction of sp³-hybridized carbons (Fsp3) is 0.0500. The second-order valence-electron chi connectivity index (χ2n) is 5.77. The van der Waals surface area contributed by atoms with E-state index in [-0.39, 0.29) is 5.75 Å². The predicted molar refractivity (Wildman–Crippen MR) is 97.9 cm³/mol. The van der Waals surface area contributed by atoms with Gasteiger partial charge >= 0.3 is 5.69 Å². The van der Waals surface area contributed by atoms with Gasteiger partial charge in [0.2, 0.25) is 11.9 Å². The van der Waals surface area contributed by atoms with Crippen LogP contribution in [-0.2, 0) is 4.79 Å². The molecule has 0 aliphatic heterocycles. The van der Waals surface area contributed by atoms with E-state index in [2.05, 4.69) is 5.32 Å². The van der Waals surface area contributed by atoms with Gasteiger partial charge in [-0.15, -0.1) is 0 Å². The number of nitro benzene ring substituents is 1. The summed E-state index contributed by atoms with van der Waals surface area (Å²) in [6, 6.07) is 16.1. The Morgan fingerprint density at radius 2 is 1.61 bits per heavy atom. The molecule has 0 bridgehead atoms. The second-order valence-corrected chi connectivity index (χ2v) is 5.77. The summed E-state index contributed by atoms with van der Waals surface area (Å²) >= 11 is 0. The number of hydrogen-bond acceptors (Lipinski definition) is 4. The number of rotatable bonds is 6. The third-order valence-corrected chi connectivity index (χ3v) is 3.82. The third kappa shape index (κ3) is 4.47. The van der Waals surface area contributed by atoms with Crippen molar-refractivity contribution in [3.8, 4) is 5.75 Å². The number of amides is 1. The molecule has 6 nitrogen and oxygen atoms in total. The fourth-order valence-corrected chi connectivity index (χ4v) is 2.50. The summed E-state index contributed by atoms with van der Waals surface area (Å²) < 4.78 is 32.2. The van der Waals surface area contributed by atoms with Gasteiger partial charge in [0.25, 0.3) is 5.91 Å². The molecule has 0 saturated carbocycles. The van der Waals surface area contributed by atoms with E-state index in [1.165, 1.54) is 24.3 Å². The van der Waals surface area contributed by atoms with Gasteiger partial charge in [0.1, 0.15) is 11.6 Å². The quantitative estimate of drug-likeness (QED) is 0.496. The molecule has 0 saturated heterocycles. The molecule has 0 spiro atoms. The minimum Gasteiger partial charge on any atom is -0.468 e. The van der Waals surface area contributed by atoms with Crippen LogP contribution in [0, 0.1) is 21.7 Å². The number of nitrogens with zero attached hydrogens (tertiary/aromatic N) is 1. The van der Waals surface area contributed by atoms with Gasteiger partial charge in [-0.3, -0.25) is 14.9 Å². The van der Waals surface area contributed by atoms with Crippen LogP contribution in [0.5, 0.6) is 5.75 Å². The van der Waals surface area contributed by atoms with Crippen molar-refractivity contribution in [2.24, 2.45) is 0 Å². The molecule has 0 aromatic heterocycles. The maximum Gasteiger partial charge on any atom is 0.311 e. The van der Waals surface area contributed by atoms with Gasteiger partial charge < -0.3 is 10.1 Å². The number of benzene rings is 3. The average molecular weight is 384 g/mol. The van der Waals surface area contributed by atoms with Crippen molar-refractivity contribution in [3.05, 3.63) is 100 Å². The zero-order valence-corrected chi connectivity index (χ0v) is 14.3. The molecule has 28 heavy (non-hydrogen) atoms. The van der Waals surface area contributed by atoms with E-state index in [9.17, 15) is 23.7 Å². The summed E-state index contributed by atoms with van der Waals surface area (Å²) in [6.07, 6.45) is -1.30. The number of halogens is 2. The van der Waals surface area contributed by atoms with E-state index < -0.39 is 34.3 Å². The number of nitrogens with one attached hydrogen (secondary N) is 1. The number of anilines is 1. The van der Waals surface area contributed by atoms with Crippen LogP contribution in [-0.4, -0.2) is 10.8 Å². The van der Waals surface area contributed by atoms with Gasteiger partial charge in [0.05, 0.1) is 4.92 Å². The topological polar surface area (TPSA) is 81.5 Å². The van der Waals surface area contributed by atoms with Gasteiger partial charge in [-0.25, -0.2) is 8.78 Å². The van der Waals surface area contributed by atoms with Crippen LogP contribution in [0.25, 0.3) is 0 Å². The molecule has 0 aliphatic rings. The van der Waals surface area contributed by atoms with Crippen LogP contribution >= 0.6 is 0 Å². The Balaban J connectivity index is 1.94. The Morgan fingerprint density at radius 1 is 0.964 bits per heavy atom. The van der Waals surface area contributed by atoms with Gasteiger partial charge in [-0.2, -0.15) is 0 Å². The monoisotopic (exact) mass is 384 g/mol. The Morgan fingerprint density at radius 3 is 2.25 bits per heavy atom. The van der Waals surface area contributed by atoms with Gasteiger partial charge in [0, 0.05) is 23.4 Å². The van der Waals surface area contributed by atoms with E-state index >= 15 is 0 Å². The summed E-state index contributed by atoms with van der Waals surface area (Å²) in [5.41, 5.74) is 0.238. The number of hydrogen-bond donors (Lipinski definition) is 1. The molecule has 1 amide bonds. The van der Waals surface area contributed by atoms with Gasteiger partial charge in [0.15, 0.2) is 0 Å². The van der Waals surface area contributed by atoms with E-state index in [0.717, 1.165) is 18.2 Å². The Hall–Kier alpha value is -3.81. The first-order valence-corrected chi connectivity index (χ1v) is 8.16. The third-order valence-electron chi connectivity index (χ3n) is 3.82. The lowest BCUT2D eigenvalue weighted by Gasteiger charge is -2.19.